The van der Waals surface area contributed by atoms with Crippen LogP contribution in [0.5, 0.6) is 0 Å². The molecular weight excluding hydrogens is 296 g/mol. The molecule has 1 rings (SSSR count). The summed E-state index contributed by atoms with van der Waals surface area (Å²) in [5.41, 5.74) is 6.94. The quantitative estimate of drug-likeness (QED) is 0.648. The summed E-state index contributed by atoms with van der Waals surface area (Å²) < 4.78 is 5.93. The van der Waals surface area contributed by atoms with Gasteiger partial charge in [0.25, 0.3) is 5.91 Å². The lowest BCUT2D eigenvalue weighted by atomic mass is 10.1. The third kappa shape index (κ3) is 3.71. The van der Waals surface area contributed by atoms with Crippen molar-refractivity contribution in [2.45, 2.75) is 13.8 Å². The molecule has 0 fully saturated rings. The van der Waals surface area contributed by atoms with Gasteiger partial charge in [-0.2, -0.15) is 0 Å². The lowest BCUT2D eigenvalue weighted by Crippen LogP contribution is -2.34. The number of carbonyl (C=O) groups excluding carboxylic acids is 1. The summed E-state index contributed by atoms with van der Waals surface area (Å²) >= 11 is 3.36. The number of ether oxygens (including phenoxy) is 1. The molecule has 100 valence electrons. The van der Waals surface area contributed by atoms with E-state index in [0.717, 1.165) is 0 Å². The van der Waals surface area contributed by atoms with Gasteiger partial charge in [-0.3, -0.25) is 4.79 Å². The van der Waals surface area contributed by atoms with Gasteiger partial charge in [-0.25, -0.2) is 0 Å². The van der Waals surface area contributed by atoms with Crippen LogP contribution in [0.25, 0.3) is 0 Å². The molecule has 0 heterocycles. The first-order chi connectivity index (χ1) is 8.61. The summed E-state index contributed by atoms with van der Waals surface area (Å²) in [6.45, 7) is 6.33. The summed E-state index contributed by atoms with van der Waals surface area (Å²) in [5, 5.41) is 0. The Bertz CT molecular complexity index is 410. The number of carbonyl (C=O) groups is 1. The van der Waals surface area contributed by atoms with E-state index < -0.39 is 0 Å². The number of amides is 1. The Balaban J connectivity index is 2.80. The first kappa shape index (κ1) is 15.0. The maximum atomic E-state index is 12.3. The smallest absolute Gasteiger partial charge is 0.255 e. The molecule has 0 aromatic heterocycles. The van der Waals surface area contributed by atoms with E-state index >= 15 is 0 Å². The second-order valence-electron chi connectivity index (χ2n) is 3.79. The van der Waals surface area contributed by atoms with Crippen LogP contribution in [0, 0.1) is 0 Å². The monoisotopic (exact) mass is 314 g/mol. The van der Waals surface area contributed by atoms with Crippen molar-refractivity contribution in [2.24, 2.45) is 0 Å². The van der Waals surface area contributed by atoms with Crippen LogP contribution in [0.15, 0.2) is 22.7 Å². The lowest BCUT2D eigenvalue weighted by molar-refractivity contribution is 0.0668. The van der Waals surface area contributed by atoms with Gasteiger partial charge in [0.05, 0.1) is 16.6 Å². The molecule has 0 radical (unpaired) electrons. The molecule has 1 aromatic rings. The maximum Gasteiger partial charge on any atom is 0.255 e. The summed E-state index contributed by atoms with van der Waals surface area (Å²) in [7, 11) is 0. The average Bonchev–Trinajstić information content (AvgIpc) is 2.37. The van der Waals surface area contributed by atoms with E-state index in [9.17, 15) is 4.79 Å². The van der Waals surface area contributed by atoms with Crippen molar-refractivity contribution in [3.8, 4) is 0 Å². The van der Waals surface area contributed by atoms with Gasteiger partial charge in [-0.05, 0) is 41.9 Å². The van der Waals surface area contributed by atoms with Crippen LogP contribution in [0.3, 0.4) is 0 Å². The number of halogens is 1. The van der Waals surface area contributed by atoms with E-state index in [-0.39, 0.29) is 5.91 Å². The molecule has 0 saturated heterocycles. The van der Waals surface area contributed by atoms with E-state index in [1.807, 2.05) is 13.8 Å². The van der Waals surface area contributed by atoms with Crippen molar-refractivity contribution in [3.05, 3.63) is 28.2 Å². The van der Waals surface area contributed by atoms with E-state index in [4.69, 9.17) is 10.5 Å². The van der Waals surface area contributed by atoms with E-state index in [1.165, 1.54) is 0 Å². The fourth-order valence-electron chi connectivity index (χ4n) is 1.61. The van der Waals surface area contributed by atoms with Crippen molar-refractivity contribution in [2.75, 3.05) is 32.0 Å². The van der Waals surface area contributed by atoms with Gasteiger partial charge in [0.1, 0.15) is 0 Å². The normalized spacial score (nSPS) is 10.4. The molecule has 1 aromatic carbocycles. The zero-order valence-electron chi connectivity index (χ0n) is 10.8. The Morgan fingerprint density at radius 3 is 2.78 bits per heavy atom. The van der Waals surface area contributed by atoms with E-state index in [1.54, 1.807) is 23.1 Å². The Morgan fingerprint density at radius 2 is 2.17 bits per heavy atom. The van der Waals surface area contributed by atoms with Gasteiger partial charge in [0, 0.05) is 25.4 Å². The van der Waals surface area contributed by atoms with Crippen LogP contribution < -0.4 is 5.73 Å². The highest BCUT2D eigenvalue weighted by molar-refractivity contribution is 9.10. The number of likely N-dealkylation sites (N-methyl/N-ethyl adjacent to an activating group) is 1. The van der Waals surface area contributed by atoms with Crippen LogP contribution in [0.4, 0.5) is 5.69 Å². The number of anilines is 1. The number of hydrogen-bond acceptors (Lipinski definition) is 3. The maximum absolute atomic E-state index is 12.3. The number of hydrogen-bond donors (Lipinski definition) is 1. The highest BCUT2D eigenvalue weighted by atomic mass is 79.9. The minimum absolute atomic E-state index is 0.0311. The highest BCUT2D eigenvalue weighted by Crippen LogP contribution is 2.24. The van der Waals surface area contributed by atoms with Crippen LogP contribution in [0.1, 0.15) is 24.2 Å². The third-order valence-corrected chi connectivity index (χ3v) is 3.52. The molecule has 0 aliphatic carbocycles. The number of nitrogen functional groups attached to an aromatic ring is 1. The molecule has 0 saturated carbocycles. The molecule has 0 spiro atoms. The van der Waals surface area contributed by atoms with Crippen LogP contribution in [-0.4, -0.2) is 37.1 Å². The van der Waals surface area contributed by atoms with E-state index in [2.05, 4.69) is 15.9 Å². The SMILES string of the molecule is CCOCCN(CC)C(=O)c1cccc(N)c1Br. The zero-order valence-corrected chi connectivity index (χ0v) is 12.4. The van der Waals surface area contributed by atoms with Crippen molar-refractivity contribution in [1.29, 1.82) is 0 Å². The second-order valence-corrected chi connectivity index (χ2v) is 4.58. The average molecular weight is 315 g/mol. The summed E-state index contributed by atoms with van der Waals surface area (Å²) in [4.78, 5) is 14.1. The predicted octanol–water partition coefficient (Wildman–Crippen LogP) is 2.53. The second kappa shape index (κ2) is 7.38. The standard InChI is InChI=1S/C13H19BrN2O2/c1-3-16(8-9-18-4-2)13(17)10-6-5-7-11(15)12(10)14/h5-7H,3-4,8-9,15H2,1-2H3. The number of nitrogens with two attached hydrogens (primary N) is 1. The van der Waals surface area contributed by atoms with Crippen LogP contribution >= 0.6 is 15.9 Å². The highest BCUT2D eigenvalue weighted by Gasteiger charge is 2.17. The molecule has 5 heteroatoms. The number of nitrogens with zero attached hydrogens (tertiary/aromatic N) is 1. The first-order valence-electron chi connectivity index (χ1n) is 6.02. The number of benzene rings is 1. The van der Waals surface area contributed by atoms with Crippen LogP contribution in [-0.2, 0) is 4.74 Å². The molecule has 18 heavy (non-hydrogen) atoms. The molecule has 1 amide bonds. The Morgan fingerprint density at radius 1 is 1.44 bits per heavy atom. The summed E-state index contributed by atoms with van der Waals surface area (Å²) in [6.07, 6.45) is 0. The summed E-state index contributed by atoms with van der Waals surface area (Å²) in [6, 6.07) is 5.31. The molecule has 0 aliphatic rings. The van der Waals surface area contributed by atoms with E-state index in [0.29, 0.717) is 42.0 Å². The van der Waals surface area contributed by atoms with Gasteiger partial charge in [0.15, 0.2) is 0 Å². The van der Waals surface area contributed by atoms with Crippen molar-refractivity contribution < 1.29 is 9.53 Å². The molecule has 2 N–H and O–H groups in total. The molecular formula is C13H19BrN2O2. The predicted molar refractivity (Wildman–Crippen MR) is 76.6 cm³/mol. The topological polar surface area (TPSA) is 55.6 Å². The van der Waals surface area contributed by atoms with Crippen molar-refractivity contribution >= 4 is 27.5 Å². The number of rotatable bonds is 6. The molecule has 4 nitrogen and oxygen atoms in total. The molecule has 0 aliphatic heterocycles. The fraction of sp³-hybridized carbons (Fsp3) is 0.462. The van der Waals surface area contributed by atoms with Gasteiger partial charge < -0.3 is 15.4 Å². The minimum Gasteiger partial charge on any atom is -0.398 e. The van der Waals surface area contributed by atoms with Crippen LogP contribution in [0.2, 0.25) is 0 Å². The third-order valence-electron chi connectivity index (χ3n) is 2.64. The largest absolute Gasteiger partial charge is 0.398 e. The molecule has 0 atom stereocenters. The van der Waals surface area contributed by atoms with Crippen molar-refractivity contribution in [3.63, 3.8) is 0 Å². The van der Waals surface area contributed by atoms with Gasteiger partial charge in [-0.1, -0.05) is 6.07 Å². The Hall–Kier alpha value is -1.07. The first-order valence-corrected chi connectivity index (χ1v) is 6.82. The van der Waals surface area contributed by atoms with Gasteiger partial charge in [0.2, 0.25) is 0 Å². The van der Waals surface area contributed by atoms with Crippen molar-refractivity contribution in [1.82, 2.24) is 4.90 Å². The fourth-order valence-corrected chi connectivity index (χ4v) is 2.04. The van der Waals surface area contributed by atoms with Gasteiger partial charge in [-0.15, -0.1) is 0 Å². The minimum atomic E-state index is -0.0311. The van der Waals surface area contributed by atoms with Gasteiger partial charge >= 0.3 is 0 Å². The molecule has 0 bridgehead atoms. The Labute approximate surface area is 116 Å². The lowest BCUT2D eigenvalue weighted by Gasteiger charge is -2.21. The Kier molecular flexibility index (Phi) is 6.15. The zero-order chi connectivity index (χ0) is 13.5. The molecule has 0 unspecified atom stereocenters. The summed E-state index contributed by atoms with van der Waals surface area (Å²) in [5.74, 6) is -0.0311.